The van der Waals surface area contributed by atoms with Crippen LogP contribution in [-0.2, 0) is 0 Å². The number of carbonyl (C=O) groups is 2. The van der Waals surface area contributed by atoms with E-state index >= 15 is 0 Å². The van der Waals surface area contributed by atoms with Crippen molar-refractivity contribution < 1.29 is 23.1 Å². The van der Waals surface area contributed by atoms with E-state index in [0.29, 0.717) is 11.3 Å². The van der Waals surface area contributed by atoms with Gasteiger partial charge in [-0.05, 0) is 48.9 Å². The second-order valence-corrected chi connectivity index (χ2v) is 5.21. The van der Waals surface area contributed by atoms with Crippen molar-refractivity contribution in [1.29, 1.82) is 0 Å². The number of ether oxygens (including phenoxy) is 1. The summed E-state index contributed by atoms with van der Waals surface area (Å²) in [6.07, 6.45) is 0. The molecule has 0 aliphatic heterocycles. The summed E-state index contributed by atoms with van der Waals surface area (Å²) >= 11 is 0. The summed E-state index contributed by atoms with van der Waals surface area (Å²) < 4.78 is 28.5. The highest BCUT2D eigenvalue weighted by molar-refractivity contribution is 5.95. The molecule has 0 radical (unpaired) electrons. The van der Waals surface area contributed by atoms with E-state index < -0.39 is 12.6 Å². The Labute approximate surface area is 143 Å². The number of carbonyl (C=O) groups excluding carboxylic acids is 2. The standard InChI is InChI=1S/C17H17F2N3O3/c1-10(11-4-8-14(9-5-11)25-16(18)19)21-15(23)12-2-6-13(7-3-12)22-17(20)24/h2-10,16H,1H3,(H,21,23)(H3,20,22,24). The Morgan fingerprint density at radius 2 is 1.64 bits per heavy atom. The van der Waals surface area contributed by atoms with Gasteiger partial charge in [0.1, 0.15) is 5.75 Å². The maximum Gasteiger partial charge on any atom is 0.387 e. The Bertz CT molecular complexity index is 734. The van der Waals surface area contributed by atoms with Crippen LogP contribution in [0.4, 0.5) is 19.3 Å². The topological polar surface area (TPSA) is 93.5 Å². The van der Waals surface area contributed by atoms with E-state index in [4.69, 9.17) is 5.73 Å². The smallest absolute Gasteiger partial charge is 0.387 e. The second-order valence-electron chi connectivity index (χ2n) is 5.21. The van der Waals surface area contributed by atoms with Gasteiger partial charge >= 0.3 is 12.6 Å². The Kier molecular flexibility index (Phi) is 5.89. The van der Waals surface area contributed by atoms with Crippen LogP contribution in [0, 0.1) is 0 Å². The van der Waals surface area contributed by atoms with Crippen molar-refractivity contribution in [2.24, 2.45) is 5.73 Å². The summed E-state index contributed by atoms with van der Waals surface area (Å²) in [4.78, 5) is 23.0. The fourth-order valence-corrected chi connectivity index (χ4v) is 2.15. The van der Waals surface area contributed by atoms with Crippen LogP contribution in [0.25, 0.3) is 0 Å². The van der Waals surface area contributed by atoms with Crippen LogP contribution >= 0.6 is 0 Å². The SMILES string of the molecule is CC(NC(=O)c1ccc(NC(N)=O)cc1)c1ccc(OC(F)F)cc1. The molecule has 2 aromatic carbocycles. The lowest BCUT2D eigenvalue weighted by molar-refractivity contribution is -0.0498. The van der Waals surface area contributed by atoms with Gasteiger partial charge in [-0.2, -0.15) is 8.78 Å². The zero-order valence-electron chi connectivity index (χ0n) is 13.3. The molecular weight excluding hydrogens is 332 g/mol. The molecule has 0 aliphatic carbocycles. The van der Waals surface area contributed by atoms with E-state index in [9.17, 15) is 18.4 Å². The number of amides is 3. The van der Waals surface area contributed by atoms with Gasteiger partial charge in [-0.1, -0.05) is 12.1 Å². The Morgan fingerprint density at radius 3 is 2.16 bits per heavy atom. The minimum atomic E-state index is -2.88. The minimum Gasteiger partial charge on any atom is -0.435 e. The number of primary amides is 1. The molecule has 4 N–H and O–H groups in total. The molecule has 132 valence electrons. The average Bonchev–Trinajstić information content (AvgIpc) is 2.55. The van der Waals surface area contributed by atoms with Gasteiger partial charge in [0.15, 0.2) is 0 Å². The predicted molar refractivity (Wildman–Crippen MR) is 88.6 cm³/mol. The predicted octanol–water partition coefficient (Wildman–Crippen LogP) is 3.27. The van der Waals surface area contributed by atoms with Gasteiger partial charge in [0.25, 0.3) is 5.91 Å². The molecule has 0 bridgehead atoms. The highest BCUT2D eigenvalue weighted by Crippen LogP contribution is 2.19. The number of rotatable bonds is 6. The largest absolute Gasteiger partial charge is 0.435 e. The zero-order valence-corrected chi connectivity index (χ0v) is 13.3. The number of nitrogens with two attached hydrogens (primary N) is 1. The first-order valence-corrected chi connectivity index (χ1v) is 7.37. The second kappa shape index (κ2) is 8.09. The summed E-state index contributed by atoms with van der Waals surface area (Å²) in [5, 5.41) is 5.19. The maximum absolute atomic E-state index is 12.2. The van der Waals surface area contributed by atoms with Crippen molar-refractivity contribution in [2.45, 2.75) is 19.6 Å². The van der Waals surface area contributed by atoms with E-state index in [-0.39, 0.29) is 17.7 Å². The molecule has 0 fully saturated rings. The van der Waals surface area contributed by atoms with Crippen LogP contribution in [0.15, 0.2) is 48.5 Å². The molecule has 0 saturated heterocycles. The molecule has 3 amide bonds. The van der Waals surface area contributed by atoms with Gasteiger partial charge in [0.2, 0.25) is 0 Å². The number of halogens is 2. The summed E-state index contributed by atoms with van der Waals surface area (Å²) in [5.74, 6) is -0.263. The molecule has 0 aromatic heterocycles. The first kappa shape index (κ1) is 18.2. The number of hydrogen-bond donors (Lipinski definition) is 3. The van der Waals surface area contributed by atoms with Gasteiger partial charge in [-0.15, -0.1) is 0 Å². The number of anilines is 1. The number of urea groups is 1. The van der Waals surface area contributed by atoms with Crippen molar-refractivity contribution in [1.82, 2.24) is 5.32 Å². The first-order chi connectivity index (χ1) is 11.8. The van der Waals surface area contributed by atoms with Crippen LogP contribution in [0.2, 0.25) is 0 Å². The highest BCUT2D eigenvalue weighted by atomic mass is 19.3. The van der Waals surface area contributed by atoms with Crippen molar-refractivity contribution in [2.75, 3.05) is 5.32 Å². The molecule has 25 heavy (non-hydrogen) atoms. The third-order valence-electron chi connectivity index (χ3n) is 3.37. The lowest BCUT2D eigenvalue weighted by Crippen LogP contribution is -2.26. The van der Waals surface area contributed by atoms with E-state index in [1.807, 2.05) is 0 Å². The van der Waals surface area contributed by atoms with Crippen molar-refractivity contribution in [3.8, 4) is 5.75 Å². The third kappa shape index (κ3) is 5.45. The molecule has 0 spiro atoms. The van der Waals surface area contributed by atoms with Crippen LogP contribution in [0.1, 0.15) is 28.9 Å². The van der Waals surface area contributed by atoms with E-state index in [1.165, 1.54) is 12.1 Å². The van der Waals surface area contributed by atoms with Gasteiger partial charge in [0, 0.05) is 11.3 Å². The monoisotopic (exact) mass is 349 g/mol. The normalized spacial score (nSPS) is 11.7. The Morgan fingerprint density at radius 1 is 1.04 bits per heavy atom. The molecular formula is C17H17F2N3O3. The molecule has 1 atom stereocenters. The number of benzene rings is 2. The lowest BCUT2D eigenvalue weighted by Gasteiger charge is -2.15. The summed E-state index contributed by atoms with van der Waals surface area (Å²) in [5.41, 5.74) is 6.63. The molecule has 2 rings (SSSR count). The Hall–Kier alpha value is -3.16. The third-order valence-corrected chi connectivity index (χ3v) is 3.37. The molecule has 6 nitrogen and oxygen atoms in total. The van der Waals surface area contributed by atoms with Crippen molar-refractivity contribution >= 4 is 17.6 Å². The summed E-state index contributed by atoms with van der Waals surface area (Å²) in [6, 6.07) is 11.2. The van der Waals surface area contributed by atoms with Crippen molar-refractivity contribution in [3.05, 3.63) is 59.7 Å². The number of nitrogens with one attached hydrogen (secondary N) is 2. The van der Waals surface area contributed by atoms with Crippen LogP contribution < -0.4 is 21.1 Å². The fraction of sp³-hybridized carbons (Fsp3) is 0.176. The van der Waals surface area contributed by atoms with Crippen LogP contribution in [0.3, 0.4) is 0 Å². The van der Waals surface area contributed by atoms with E-state index in [1.54, 1.807) is 43.3 Å². The van der Waals surface area contributed by atoms with E-state index in [2.05, 4.69) is 15.4 Å². The Balaban J connectivity index is 1.98. The molecule has 0 heterocycles. The van der Waals surface area contributed by atoms with Gasteiger partial charge in [-0.3, -0.25) is 4.79 Å². The van der Waals surface area contributed by atoms with Gasteiger partial charge in [-0.25, -0.2) is 4.79 Å². The van der Waals surface area contributed by atoms with Gasteiger partial charge in [0.05, 0.1) is 6.04 Å². The molecule has 2 aromatic rings. The first-order valence-electron chi connectivity index (χ1n) is 7.37. The van der Waals surface area contributed by atoms with E-state index in [0.717, 1.165) is 5.56 Å². The molecule has 0 aliphatic rings. The average molecular weight is 349 g/mol. The highest BCUT2D eigenvalue weighted by Gasteiger charge is 2.12. The fourth-order valence-electron chi connectivity index (χ4n) is 2.15. The maximum atomic E-state index is 12.2. The number of alkyl halides is 2. The molecule has 1 unspecified atom stereocenters. The lowest BCUT2D eigenvalue weighted by atomic mass is 10.1. The van der Waals surface area contributed by atoms with Gasteiger partial charge < -0.3 is 21.1 Å². The molecule has 0 saturated carbocycles. The number of hydrogen-bond acceptors (Lipinski definition) is 3. The van der Waals surface area contributed by atoms with Crippen LogP contribution in [-0.4, -0.2) is 18.5 Å². The molecule has 8 heteroatoms. The van der Waals surface area contributed by atoms with Crippen LogP contribution in [0.5, 0.6) is 5.75 Å². The van der Waals surface area contributed by atoms with Crippen molar-refractivity contribution in [3.63, 3.8) is 0 Å². The minimum absolute atomic E-state index is 0.0508. The summed E-state index contributed by atoms with van der Waals surface area (Å²) in [7, 11) is 0. The quantitative estimate of drug-likeness (QED) is 0.747. The zero-order chi connectivity index (χ0) is 18.4. The summed E-state index contributed by atoms with van der Waals surface area (Å²) in [6.45, 7) is -1.11.